The van der Waals surface area contributed by atoms with Crippen molar-refractivity contribution >= 4 is 5.91 Å². The topological polar surface area (TPSA) is 49.3 Å². The molecule has 0 heterocycles. The van der Waals surface area contributed by atoms with Gasteiger partial charge < -0.3 is 10.4 Å². The number of rotatable bonds is 3. The Morgan fingerprint density at radius 2 is 2.15 bits per heavy atom. The number of aliphatic hydroxyl groups excluding tert-OH is 1. The summed E-state index contributed by atoms with van der Waals surface area (Å²) >= 11 is 0. The summed E-state index contributed by atoms with van der Waals surface area (Å²) in [6, 6.07) is 6.02. The first-order chi connectivity index (χ1) is 9.70. The van der Waals surface area contributed by atoms with Gasteiger partial charge in [-0.25, -0.2) is 0 Å². The normalized spacial score (nSPS) is 14.7. The zero-order chi connectivity index (χ0) is 14.4. The SMILES string of the molecule is Cc1ccc(C#CCCO)c(C(=O)NC2CCCC2)c1. The smallest absolute Gasteiger partial charge is 0.252 e. The second-order valence-corrected chi connectivity index (χ2v) is 5.28. The lowest BCUT2D eigenvalue weighted by Gasteiger charge is -2.13. The van der Waals surface area contributed by atoms with Crippen LogP contribution >= 0.6 is 0 Å². The first kappa shape index (κ1) is 14.6. The summed E-state index contributed by atoms with van der Waals surface area (Å²) in [7, 11) is 0. The van der Waals surface area contributed by atoms with Crippen molar-refractivity contribution in [3.8, 4) is 11.8 Å². The third-order valence-electron chi connectivity index (χ3n) is 3.57. The van der Waals surface area contributed by atoms with Crippen molar-refractivity contribution < 1.29 is 9.90 Å². The molecule has 2 N–H and O–H groups in total. The number of carbonyl (C=O) groups excluding carboxylic acids is 1. The van der Waals surface area contributed by atoms with E-state index < -0.39 is 0 Å². The Bertz CT molecular complexity index is 534. The molecule has 0 atom stereocenters. The van der Waals surface area contributed by atoms with Gasteiger partial charge >= 0.3 is 0 Å². The molecule has 1 saturated carbocycles. The van der Waals surface area contributed by atoms with E-state index in [0.717, 1.165) is 24.0 Å². The van der Waals surface area contributed by atoms with Crippen LogP contribution in [0.3, 0.4) is 0 Å². The maximum atomic E-state index is 12.4. The van der Waals surface area contributed by atoms with Crippen LogP contribution in [0.2, 0.25) is 0 Å². The summed E-state index contributed by atoms with van der Waals surface area (Å²) in [5.41, 5.74) is 2.43. The standard InChI is InChI=1S/C17H21NO2/c1-13-9-10-14(6-4-5-11-19)16(12-13)17(20)18-15-7-2-3-8-15/h9-10,12,15,19H,2-3,5,7-8,11H2,1H3,(H,18,20). The highest BCUT2D eigenvalue weighted by Gasteiger charge is 2.19. The molecule has 3 heteroatoms. The van der Waals surface area contributed by atoms with Crippen LogP contribution in [0.4, 0.5) is 0 Å². The van der Waals surface area contributed by atoms with Gasteiger partial charge in [-0.05, 0) is 31.9 Å². The maximum absolute atomic E-state index is 12.4. The van der Waals surface area contributed by atoms with Crippen molar-refractivity contribution in [2.75, 3.05) is 6.61 Å². The Kier molecular flexibility index (Phi) is 5.20. The van der Waals surface area contributed by atoms with Gasteiger partial charge in [-0.2, -0.15) is 0 Å². The van der Waals surface area contributed by atoms with Crippen molar-refractivity contribution in [2.45, 2.75) is 45.1 Å². The Morgan fingerprint density at radius 1 is 1.40 bits per heavy atom. The van der Waals surface area contributed by atoms with Crippen LogP contribution in [0.1, 0.15) is 53.6 Å². The predicted octanol–water partition coefficient (Wildman–Crippen LogP) is 2.40. The molecule has 0 saturated heterocycles. The summed E-state index contributed by atoms with van der Waals surface area (Å²) in [4.78, 5) is 12.4. The van der Waals surface area contributed by atoms with Crippen LogP contribution in [0, 0.1) is 18.8 Å². The van der Waals surface area contributed by atoms with E-state index >= 15 is 0 Å². The average Bonchev–Trinajstić information content (AvgIpc) is 2.93. The highest BCUT2D eigenvalue weighted by atomic mass is 16.2. The number of hydrogen-bond donors (Lipinski definition) is 2. The van der Waals surface area contributed by atoms with E-state index in [-0.39, 0.29) is 12.5 Å². The van der Waals surface area contributed by atoms with Gasteiger partial charge in [0.15, 0.2) is 0 Å². The maximum Gasteiger partial charge on any atom is 0.252 e. The zero-order valence-corrected chi connectivity index (χ0v) is 11.9. The first-order valence-corrected chi connectivity index (χ1v) is 7.22. The molecular formula is C17H21NO2. The minimum absolute atomic E-state index is 0.0334. The third-order valence-corrected chi connectivity index (χ3v) is 3.57. The van der Waals surface area contributed by atoms with Crippen LogP contribution in [-0.4, -0.2) is 23.7 Å². The second kappa shape index (κ2) is 7.12. The van der Waals surface area contributed by atoms with Crippen LogP contribution in [-0.2, 0) is 0 Å². The predicted molar refractivity (Wildman–Crippen MR) is 79.5 cm³/mol. The van der Waals surface area contributed by atoms with Crippen molar-refractivity contribution in [1.29, 1.82) is 0 Å². The van der Waals surface area contributed by atoms with E-state index in [0.29, 0.717) is 18.0 Å². The number of nitrogens with one attached hydrogen (secondary N) is 1. The van der Waals surface area contributed by atoms with Crippen LogP contribution in [0.15, 0.2) is 18.2 Å². The Balaban J connectivity index is 2.17. The van der Waals surface area contributed by atoms with Crippen molar-refractivity contribution in [3.05, 3.63) is 34.9 Å². The fourth-order valence-electron chi connectivity index (χ4n) is 2.50. The molecule has 3 nitrogen and oxygen atoms in total. The molecule has 0 aliphatic heterocycles. The molecule has 1 aliphatic rings. The van der Waals surface area contributed by atoms with Crippen molar-refractivity contribution in [1.82, 2.24) is 5.32 Å². The number of aryl methyl sites for hydroxylation is 1. The van der Waals surface area contributed by atoms with Gasteiger partial charge in [-0.15, -0.1) is 0 Å². The van der Waals surface area contributed by atoms with Gasteiger partial charge in [-0.3, -0.25) is 4.79 Å². The van der Waals surface area contributed by atoms with Gasteiger partial charge in [0.1, 0.15) is 0 Å². The molecule has 1 aromatic rings. The molecule has 1 amide bonds. The summed E-state index contributed by atoms with van der Waals surface area (Å²) in [5.74, 6) is 5.82. The summed E-state index contributed by atoms with van der Waals surface area (Å²) in [6.45, 7) is 2.01. The van der Waals surface area contributed by atoms with Gasteiger partial charge in [0.25, 0.3) is 5.91 Å². The van der Waals surface area contributed by atoms with Crippen LogP contribution < -0.4 is 5.32 Å². The van der Waals surface area contributed by atoms with Crippen molar-refractivity contribution in [2.24, 2.45) is 0 Å². The molecule has 0 unspecified atom stereocenters. The monoisotopic (exact) mass is 271 g/mol. The minimum atomic E-state index is -0.0334. The molecule has 1 aliphatic carbocycles. The lowest BCUT2D eigenvalue weighted by atomic mass is 10.0. The average molecular weight is 271 g/mol. The van der Waals surface area contributed by atoms with Crippen LogP contribution in [0.25, 0.3) is 0 Å². The number of carbonyl (C=O) groups is 1. The fourth-order valence-corrected chi connectivity index (χ4v) is 2.50. The Hall–Kier alpha value is -1.79. The lowest BCUT2D eigenvalue weighted by Crippen LogP contribution is -2.33. The highest BCUT2D eigenvalue weighted by molar-refractivity contribution is 5.97. The molecular weight excluding hydrogens is 250 g/mol. The molecule has 106 valence electrons. The minimum Gasteiger partial charge on any atom is -0.395 e. The largest absolute Gasteiger partial charge is 0.395 e. The van der Waals surface area contributed by atoms with Gasteiger partial charge in [-0.1, -0.05) is 36.3 Å². The van der Waals surface area contributed by atoms with E-state index in [2.05, 4.69) is 17.2 Å². The number of benzene rings is 1. The van der Waals surface area contributed by atoms with Gasteiger partial charge in [0.05, 0.1) is 12.2 Å². The number of hydrogen-bond acceptors (Lipinski definition) is 2. The second-order valence-electron chi connectivity index (χ2n) is 5.28. The lowest BCUT2D eigenvalue weighted by molar-refractivity contribution is 0.0937. The number of amides is 1. The van der Waals surface area contributed by atoms with Gasteiger partial charge in [0.2, 0.25) is 0 Å². The van der Waals surface area contributed by atoms with E-state index in [1.807, 2.05) is 25.1 Å². The Labute approximate surface area is 120 Å². The van der Waals surface area contributed by atoms with Crippen LogP contribution in [0.5, 0.6) is 0 Å². The molecule has 2 rings (SSSR count). The van der Waals surface area contributed by atoms with Gasteiger partial charge in [0, 0.05) is 18.0 Å². The molecule has 0 bridgehead atoms. The molecule has 1 fully saturated rings. The number of aliphatic hydroxyl groups is 1. The van der Waals surface area contributed by atoms with E-state index in [9.17, 15) is 4.79 Å². The summed E-state index contributed by atoms with van der Waals surface area (Å²) in [6.07, 6.45) is 4.97. The quantitative estimate of drug-likeness (QED) is 0.829. The van der Waals surface area contributed by atoms with E-state index in [4.69, 9.17) is 5.11 Å². The Morgan fingerprint density at radius 3 is 2.85 bits per heavy atom. The summed E-state index contributed by atoms with van der Waals surface area (Å²) < 4.78 is 0. The fraction of sp³-hybridized carbons (Fsp3) is 0.471. The molecule has 1 aromatic carbocycles. The zero-order valence-electron chi connectivity index (χ0n) is 11.9. The first-order valence-electron chi connectivity index (χ1n) is 7.22. The van der Waals surface area contributed by atoms with E-state index in [1.54, 1.807) is 0 Å². The third kappa shape index (κ3) is 3.85. The molecule has 0 aromatic heterocycles. The summed E-state index contributed by atoms with van der Waals surface area (Å²) in [5, 5.41) is 11.9. The molecule has 20 heavy (non-hydrogen) atoms. The van der Waals surface area contributed by atoms with Crippen molar-refractivity contribution in [3.63, 3.8) is 0 Å². The molecule has 0 radical (unpaired) electrons. The molecule has 0 spiro atoms. The van der Waals surface area contributed by atoms with E-state index in [1.165, 1.54) is 12.8 Å². The highest BCUT2D eigenvalue weighted by Crippen LogP contribution is 2.19.